The molecule has 0 atom stereocenters. The van der Waals surface area contributed by atoms with E-state index in [1.807, 2.05) is 0 Å². The minimum atomic E-state index is -0.673. The quantitative estimate of drug-likeness (QED) is 0.157. The van der Waals surface area contributed by atoms with Crippen LogP contribution in [0, 0.1) is 17.0 Å². The van der Waals surface area contributed by atoms with E-state index >= 15 is 0 Å². The van der Waals surface area contributed by atoms with Gasteiger partial charge in [0.15, 0.2) is 23.9 Å². The van der Waals surface area contributed by atoms with E-state index in [1.165, 1.54) is 36.7 Å². The van der Waals surface area contributed by atoms with Crippen molar-refractivity contribution in [3.63, 3.8) is 0 Å². The molecule has 1 N–H and O–H groups in total. The van der Waals surface area contributed by atoms with Gasteiger partial charge in [-0.15, -0.1) is 0 Å². The standard InChI is InChI=1S/C23H21N3O8/c1-3-31-21-12-16(7-9-19(21)34-23(28)20-5-4-10-32-20)13-24-25-22(27)14-33-18-8-6-15(2)11-17(18)26(29)30/h4-13H,3,14H2,1-2H3,(H,25,27). The van der Waals surface area contributed by atoms with Crippen LogP contribution in [0.1, 0.15) is 28.6 Å². The van der Waals surface area contributed by atoms with Gasteiger partial charge in [0.05, 0.1) is 24.0 Å². The van der Waals surface area contributed by atoms with Crippen LogP contribution in [0.15, 0.2) is 64.3 Å². The Morgan fingerprint density at radius 2 is 1.91 bits per heavy atom. The number of rotatable bonds is 10. The summed E-state index contributed by atoms with van der Waals surface area (Å²) in [5.41, 5.74) is 3.29. The monoisotopic (exact) mass is 467 g/mol. The van der Waals surface area contributed by atoms with E-state index in [-0.39, 0.29) is 22.9 Å². The predicted molar refractivity (Wildman–Crippen MR) is 120 cm³/mol. The lowest BCUT2D eigenvalue weighted by Crippen LogP contribution is -2.24. The first-order valence-corrected chi connectivity index (χ1v) is 10.1. The number of hydrogen-bond donors (Lipinski definition) is 1. The molecule has 0 fully saturated rings. The highest BCUT2D eigenvalue weighted by molar-refractivity contribution is 5.89. The van der Waals surface area contributed by atoms with Crippen molar-refractivity contribution in [2.24, 2.45) is 5.10 Å². The van der Waals surface area contributed by atoms with Crippen LogP contribution in [0.5, 0.6) is 17.2 Å². The lowest BCUT2D eigenvalue weighted by Gasteiger charge is -2.10. The molecule has 0 aliphatic rings. The zero-order valence-corrected chi connectivity index (χ0v) is 18.3. The fourth-order valence-electron chi connectivity index (χ4n) is 2.75. The highest BCUT2D eigenvalue weighted by Gasteiger charge is 2.17. The highest BCUT2D eigenvalue weighted by Crippen LogP contribution is 2.29. The molecular formula is C23H21N3O8. The molecule has 0 aliphatic heterocycles. The number of aryl methyl sites for hydroxylation is 1. The Balaban J connectivity index is 1.59. The van der Waals surface area contributed by atoms with Crippen LogP contribution in [0.3, 0.4) is 0 Å². The molecule has 34 heavy (non-hydrogen) atoms. The second-order valence-corrected chi connectivity index (χ2v) is 6.82. The number of benzene rings is 2. The molecule has 0 unspecified atom stereocenters. The summed E-state index contributed by atoms with van der Waals surface area (Å²) in [5.74, 6) is -0.761. The van der Waals surface area contributed by atoms with Crippen molar-refractivity contribution >= 4 is 23.8 Å². The second kappa shape index (κ2) is 11.3. The first-order chi connectivity index (χ1) is 16.4. The third kappa shape index (κ3) is 6.42. The molecule has 0 aliphatic carbocycles. The third-order valence-corrected chi connectivity index (χ3v) is 4.27. The van der Waals surface area contributed by atoms with Crippen molar-refractivity contribution in [2.75, 3.05) is 13.2 Å². The molecule has 0 saturated heterocycles. The number of hydrazone groups is 1. The van der Waals surface area contributed by atoms with Gasteiger partial charge in [-0.05, 0) is 61.4 Å². The van der Waals surface area contributed by atoms with E-state index in [0.29, 0.717) is 23.5 Å². The number of nitrogens with one attached hydrogen (secondary N) is 1. The summed E-state index contributed by atoms with van der Waals surface area (Å²) >= 11 is 0. The number of carbonyl (C=O) groups excluding carboxylic acids is 2. The van der Waals surface area contributed by atoms with Gasteiger partial charge in [-0.3, -0.25) is 14.9 Å². The molecule has 3 rings (SSSR count). The molecule has 1 amide bonds. The molecule has 0 saturated carbocycles. The van der Waals surface area contributed by atoms with E-state index in [1.54, 1.807) is 38.1 Å². The minimum absolute atomic E-state index is 0.0178. The Morgan fingerprint density at radius 3 is 2.62 bits per heavy atom. The summed E-state index contributed by atoms with van der Waals surface area (Å²) in [6.45, 7) is 3.35. The van der Waals surface area contributed by atoms with Gasteiger partial charge in [0.2, 0.25) is 5.76 Å². The zero-order valence-electron chi connectivity index (χ0n) is 18.3. The van der Waals surface area contributed by atoms with E-state index in [2.05, 4.69) is 10.5 Å². The number of nitrogens with zero attached hydrogens (tertiary/aromatic N) is 2. The highest BCUT2D eigenvalue weighted by atomic mass is 16.6. The number of furan rings is 1. The second-order valence-electron chi connectivity index (χ2n) is 6.82. The summed E-state index contributed by atoms with van der Waals surface area (Å²) in [6.07, 6.45) is 2.72. The lowest BCUT2D eigenvalue weighted by molar-refractivity contribution is -0.385. The van der Waals surface area contributed by atoms with Crippen LogP contribution in [0.2, 0.25) is 0 Å². The first-order valence-electron chi connectivity index (χ1n) is 10.1. The van der Waals surface area contributed by atoms with Crippen molar-refractivity contribution < 1.29 is 33.1 Å². The largest absolute Gasteiger partial charge is 0.490 e. The average Bonchev–Trinajstić information content (AvgIpc) is 3.35. The van der Waals surface area contributed by atoms with Crippen LogP contribution in [-0.2, 0) is 4.79 Å². The maximum Gasteiger partial charge on any atom is 0.379 e. The molecule has 0 bridgehead atoms. The molecular weight excluding hydrogens is 446 g/mol. The Labute approximate surface area is 194 Å². The van der Waals surface area contributed by atoms with E-state index < -0.39 is 23.4 Å². The minimum Gasteiger partial charge on any atom is -0.490 e. The summed E-state index contributed by atoms with van der Waals surface area (Å²) in [7, 11) is 0. The summed E-state index contributed by atoms with van der Waals surface area (Å²) in [6, 6.07) is 12.2. The normalized spacial score (nSPS) is 10.6. The van der Waals surface area contributed by atoms with Gasteiger partial charge >= 0.3 is 11.7 Å². The SMILES string of the molecule is CCOc1cc(C=NNC(=O)COc2ccc(C)cc2[N+](=O)[O-])ccc1OC(=O)c1ccco1. The molecule has 0 radical (unpaired) electrons. The van der Waals surface area contributed by atoms with Gasteiger partial charge < -0.3 is 18.6 Å². The summed E-state index contributed by atoms with van der Waals surface area (Å²) in [5, 5.41) is 15.0. The molecule has 2 aromatic carbocycles. The molecule has 11 heteroatoms. The van der Waals surface area contributed by atoms with Gasteiger partial charge in [-0.1, -0.05) is 6.07 Å². The number of nitro benzene ring substituents is 1. The van der Waals surface area contributed by atoms with Crippen molar-refractivity contribution in [3.05, 3.63) is 81.8 Å². The molecule has 1 heterocycles. The maximum atomic E-state index is 12.1. The van der Waals surface area contributed by atoms with Crippen molar-refractivity contribution in [3.8, 4) is 17.2 Å². The van der Waals surface area contributed by atoms with E-state index in [9.17, 15) is 19.7 Å². The fraction of sp³-hybridized carbons (Fsp3) is 0.174. The van der Waals surface area contributed by atoms with Crippen LogP contribution < -0.4 is 19.6 Å². The van der Waals surface area contributed by atoms with Gasteiger partial charge in [0, 0.05) is 6.07 Å². The fourth-order valence-corrected chi connectivity index (χ4v) is 2.75. The Hall–Kier alpha value is -4.67. The Kier molecular flexibility index (Phi) is 7.95. The van der Waals surface area contributed by atoms with Crippen molar-refractivity contribution in [1.29, 1.82) is 0 Å². The van der Waals surface area contributed by atoms with Gasteiger partial charge in [0.25, 0.3) is 5.91 Å². The van der Waals surface area contributed by atoms with Crippen molar-refractivity contribution in [2.45, 2.75) is 13.8 Å². The molecule has 3 aromatic rings. The van der Waals surface area contributed by atoms with Gasteiger partial charge in [-0.2, -0.15) is 5.10 Å². The number of amides is 1. The molecule has 176 valence electrons. The molecule has 1 aromatic heterocycles. The zero-order chi connectivity index (χ0) is 24.5. The summed E-state index contributed by atoms with van der Waals surface area (Å²) in [4.78, 5) is 34.7. The number of esters is 1. The average molecular weight is 467 g/mol. The van der Waals surface area contributed by atoms with E-state index in [4.69, 9.17) is 18.6 Å². The van der Waals surface area contributed by atoms with Gasteiger partial charge in [-0.25, -0.2) is 10.2 Å². The molecule has 0 spiro atoms. The maximum absolute atomic E-state index is 12.1. The topological polar surface area (TPSA) is 142 Å². The number of hydrogen-bond acceptors (Lipinski definition) is 9. The van der Waals surface area contributed by atoms with Crippen LogP contribution in [0.4, 0.5) is 5.69 Å². The predicted octanol–water partition coefficient (Wildman–Crippen LogP) is 3.64. The van der Waals surface area contributed by atoms with E-state index in [0.717, 1.165) is 0 Å². The van der Waals surface area contributed by atoms with Gasteiger partial charge in [0.1, 0.15) is 0 Å². The third-order valence-electron chi connectivity index (χ3n) is 4.27. The Morgan fingerprint density at radius 1 is 1.12 bits per heavy atom. The molecule has 11 nitrogen and oxygen atoms in total. The van der Waals surface area contributed by atoms with Crippen LogP contribution in [-0.4, -0.2) is 36.2 Å². The lowest BCUT2D eigenvalue weighted by atomic mass is 10.2. The van der Waals surface area contributed by atoms with Crippen molar-refractivity contribution in [1.82, 2.24) is 5.43 Å². The van der Waals surface area contributed by atoms with Crippen LogP contribution in [0.25, 0.3) is 0 Å². The number of nitro groups is 1. The number of carbonyl (C=O) groups is 2. The first kappa shape index (κ1) is 24.0. The summed E-state index contributed by atoms with van der Waals surface area (Å²) < 4.78 is 21.1. The van der Waals surface area contributed by atoms with Crippen LogP contribution >= 0.6 is 0 Å². The number of ether oxygens (including phenoxy) is 3. The smallest absolute Gasteiger partial charge is 0.379 e. The Bertz CT molecular complexity index is 1200.